The number of aryl methyl sites for hydroxylation is 1. The zero-order valence-corrected chi connectivity index (χ0v) is 18.8. The SMILES string of the molecule is CC#CCOOOO.Cc1cccc(C(=O)NCN2CCN(c3ccccc3C#N)CC2)c1. The Balaban J connectivity index is 0.000000414. The minimum absolute atomic E-state index is 0.0408. The Labute approximate surface area is 193 Å². The van der Waals surface area contributed by atoms with Crippen LogP contribution >= 0.6 is 0 Å². The van der Waals surface area contributed by atoms with E-state index < -0.39 is 0 Å². The second-order valence-electron chi connectivity index (χ2n) is 7.10. The average Bonchev–Trinajstić information content (AvgIpc) is 2.86. The molecule has 0 aliphatic carbocycles. The molecule has 0 unspecified atom stereocenters. The summed E-state index contributed by atoms with van der Waals surface area (Å²) in [6.07, 6.45) is 0. The molecular weight excluding hydrogens is 424 g/mol. The van der Waals surface area contributed by atoms with E-state index in [-0.39, 0.29) is 12.5 Å². The fourth-order valence-corrected chi connectivity index (χ4v) is 3.21. The minimum Gasteiger partial charge on any atom is -0.368 e. The van der Waals surface area contributed by atoms with Gasteiger partial charge in [-0.2, -0.15) is 10.1 Å². The molecule has 0 atom stereocenters. The third-order valence-electron chi connectivity index (χ3n) is 4.87. The predicted octanol–water partition coefficient (Wildman–Crippen LogP) is 2.74. The molecule has 3 rings (SSSR count). The molecule has 174 valence electrons. The van der Waals surface area contributed by atoms with E-state index in [1.807, 2.05) is 55.5 Å². The van der Waals surface area contributed by atoms with Gasteiger partial charge >= 0.3 is 0 Å². The van der Waals surface area contributed by atoms with Crippen LogP contribution in [-0.4, -0.2) is 55.5 Å². The van der Waals surface area contributed by atoms with Crippen molar-refractivity contribution in [2.45, 2.75) is 13.8 Å². The lowest BCUT2D eigenvalue weighted by Gasteiger charge is -2.36. The molecule has 2 aromatic carbocycles. The maximum atomic E-state index is 12.2. The lowest BCUT2D eigenvalue weighted by Crippen LogP contribution is -2.50. The monoisotopic (exact) mass is 452 g/mol. The topological polar surface area (TPSA) is 107 Å². The van der Waals surface area contributed by atoms with Gasteiger partial charge in [0.25, 0.3) is 5.91 Å². The molecule has 9 heteroatoms. The largest absolute Gasteiger partial charge is 0.368 e. The molecule has 2 N–H and O–H groups in total. The molecule has 9 nitrogen and oxygen atoms in total. The molecule has 1 aliphatic rings. The minimum atomic E-state index is -0.0408. The lowest BCUT2D eigenvalue weighted by molar-refractivity contribution is -0.620. The van der Waals surface area contributed by atoms with Crippen LogP contribution < -0.4 is 10.2 Å². The molecule has 0 radical (unpaired) electrons. The van der Waals surface area contributed by atoms with Gasteiger partial charge in [0.1, 0.15) is 12.7 Å². The van der Waals surface area contributed by atoms with Gasteiger partial charge in [-0.15, -0.1) is 5.92 Å². The number of carbonyl (C=O) groups excluding carboxylic acids is 1. The standard InChI is InChI=1S/C20H22N4O.C4H6O4/c1-16-5-4-7-17(13-16)20(25)22-15-23-9-11-24(12-10-23)19-8-3-2-6-18(19)14-21;1-2-3-4-6-8-7-5/h2-8,13H,9-12,15H2,1H3,(H,22,25);5H,4H2,1H3. The van der Waals surface area contributed by atoms with Crippen molar-refractivity contribution in [3.8, 4) is 17.9 Å². The summed E-state index contributed by atoms with van der Waals surface area (Å²) in [6, 6.07) is 17.6. The molecule has 0 spiro atoms. The highest BCUT2D eigenvalue weighted by Gasteiger charge is 2.19. The zero-order valence-electron chi connectivity index (χ0n) is 18.8. The number of carbonyl (C=O) groups is 1. The summed E-state index contributed by atoms with van der Waals surface area (Å²) in [5.41, 5.74) is 3.48. The second-order valence-corrected chi connectivity index (χ2v) is 7.10. The number of para-hydroxylation sites is 1. The van der Waals surface area contributed by atoms with E-state index in [2.05, 4.69) is 48.0 Å². The Morgan fingerprint density at radius 2 is 1.91 bits per heavy atom. The number of hydrogen-bond acceptors (Lipinski definition) is 8. The number of benzene rings is 2. The summed E-state index contributed by atoms with van der Waals surface area (Å²) in [6.45, 7) is 7.66. The molecule has 1 fully saturated rings. The van der Waals surface area contributed by atoms with Crippen molar-refractivity contribution in [1.82, 2.24) is 10.2 Å². The van der Waals surface area contributed by atoms with E-state index >= 15 is 0 Å². The summed E-state index contributed by atoms with van der Waals surface area (Å²) < 4.78 is 0. The first-order valence-corrected chi connectivity index (χ1v) is 10.4. The van der Waals surface area contributed by atoms with Gasteiger partial charge in [-0.3, -0.25) is 9.69 Å². The van der Waals surface area contributed by atoms with Crippen LogP contribution in [0.15, 0.2) is 48.5 Å². The van der Waals surface area contributed by atoms with Crippen LogP contribution in [0.4, 0.5) is 5.69 Å². The Bertz CT molecular complexity index is 988. The molecule has 1 aliphatic heterocycles. The maximum absolute atomic E-state index is 12.2. The number of nitrogens with one attached hydrogen (secondary N) is 1. The molecule has 0 saturated carbocycles. The Morgan fingerprint density at radius 3 is 2.58 bits per heavy atom. The summed E-state index contributed by atoms with van der Waals surface area (Å²) in [4.78, 5) is 20.8. The molecule has 0 aromatic heterocycles. The van der Waals surface area contributed by atoms with Gasteiger partial charge < -0.3 is 10.2 Å². The number of nitriles is 1. The van der Waals surface area contributed by atoms with Gasteiger partial charge in [0, 0.05) is 31.7 Å². The Morgan fingerprint density at radius 1 is 1.15 bits per heavy atom. The van der Waals surface area contributed by atoms with Crippen molar-refractivity contribution < 1.29 is 25.0 Å². The smallest absolute Gasteiger partial charge is 0.252 e. The van der Waals surface area contributed by atoms with Crippen molar-refractivity contribution in [1.29, 1.82) is 5.26 Å². The van der Waals surface area contributed by atoms with Crippen LogP contribution in [0.25, 0.3) is 0 Å². The molecule has 33 heavy (non-hydrogen) atoms. The highest BCUT2D eigenvalue weighted by Crippen LogP contribution is 2.20. The number of nitrogens with zero attached hydrogens (tertiary/aromatic N) is 3. The van der Waals surface area contributed by atoms with Crippen LogP contribution in [0, 0.1) is 30.1 Å². The van der Waals surface area contributed by atoms with Crippen molar-refractivity contribution in [3.05, 3.63) is 65.2 Å². The first-order valence-electron chi connectivity index (χ1n) is 10.4. The third-order valence-corrected chi connectivity index (χ3v) is 4.87. The Hall–Kier alpha value is -3.44. The normalized spacial score (nSPS) is 13.1. The fourth-order valence-electron chi connectivity index (χ4n) is 3.21. The average molecular weight is 453 g/mol. The maximum Gasteiger partial charge on any atom is 0.252 e. The molecule has 1 saturated heterocycles. The summed E-state index contributed by atoms with van der Waals surface area (Å²) in [7, 11) is 0. The number of rotatable bonds is 7. The first kappa shape index (κ1) is 25.8. The number of hydrogen-bond donors (Lipinski definition) is 2. The van der Waals surface area contributed by atoms with Crippen molar-refractivity contribution in [3.63, 3.8) is 0 Å². The van der Waals surface area contributed by atoms with Crippen molar-refractivity contribution in [2.24, 2.45) is 0 Å². The van der Waals surface area contributed by atoms with E-state index in [9.17, 15) is 10.1 Å². The molecule has 2 aromatic rings. The van der Waals surface area contributed by atoms with Crippen LogP contribution in [0.3, 0.4) is 0 Å². The lowest BCUT2D eigenvalue weighted by atomic mass is 10.1. The molecule has 0 bridgehead atoms. The van der Waals surface area contributed by atoms with Gasteiger partial charge in [-0.25, -0.2) is 5.26 Å². The van der Waals surface area contributed by atoms with E-state index in [1.165, 1.54) is 0 Å². The number of anilines is 1. The van der Waals surface area contributed by atoms with Gasteiger partial charge in [-0.1, -0.05) is 35.7 Å². The second kappa shape index (κ2) is 14.6. The van der Waals surface area contributed by atoms with Crippen molar-refractivity contribution in [2.75, 3.05) is 44.4 Å². The summed E-state index contributed by atoms with van der Waals surface area (Å²) >= 11 is 0. The van der Waals surface area contributed by atoms with Crippen LogP contribution in [-0.2, 0) is 15.0 Å². The quantitative estimate of drug-likeness (QED) is 0.286. The molecular formula is C24H28N4O5. The van der Waals surface area contributed by atoms with E-state index in [1.54, 1.807) is 6.92 Å². The van der Waals surface area contributed by atoms with Crippen LogP contribution in [0.2, 0.25) is 0 Å². The highest BCUT2D eigenvalue weighted by molar-refractivity contribution is 5.94. The van der Waals surface area contributed by atoms with E-state index in [0.29, 0.717) is 17.8 Å². The molecule has 1 amide bonds. The van der Waals surface area contributed by atoms with E-state index in [4.69, 9.17) is 5.26 Å². The summed E-state index contributed by atoms with van der Waals surface area (Å²) in [5.74, 6) is 4.99. The van der Waals surface area contributed by atoms with Gasteiger partial charge in [-0.05, 0) is 48.2 Å². The van der Waals surface area contributed by atoms with Crippen molar-refractivity contribution >= 4 is 11.6 Å². The van der Waals surface area contributed by atoms with Crippen LogP contribution in [0.1, 0.15) is 28.4 Å². The third kappa shape index (κ3) is 8.91. The fraction of sp³-hybridized carbons (Fsp3) is 0.333. The number of amides is 1. The van der Waals surface area contributed by atoms with E-state index in [0.717, 1.165) is 37.4 Å². The molecule has 1 heterocycles. The first-order chi connectivity index (χ1) is 16.1. The van der Waals surface area contributed by atoms with Gasteiger partial charge in [0.05, 0.1) is 17.9 Å². The predicted molar refractivity (Wildman–Crippen MR) is 123 cm³/mol. The number of piperazine rings is 1. The van der Waals surface area contributed by atoms with Crippen LogP contribution in [0.5, 0.6) is 0 Å². The van der Waals surface area contributed by atoms with Gasteiger partial charge in [0.15, 0.2) is 0 Å². The van der Waals surface area contributed by atoms with Gasteiger partial charge in [0.2, 0.25) is 0 Å². The Kier molecular flexibility index (Phi) is 11.4. The highest BCUT2D eigenvalue weighted by atomic mass is 17.6. The zero-order chi connectivity index (χ0) is 23.9. The summed E-state index contributed by atoms with van der Waals surface area (Å²) in [5, 5.41) is 26.4.